The van der Waals surface area contributed by atoms with Crippen molar-refractivity contribution in [3.8, 4) is 12.1 Å². The van der Waals surface area contributed by atoms with Crippen LogP contribution in [0.2, 0.25) is 25.7 Å². The highest BCUT2D eigenvalue weighted by Gasteiger charge is 2.42. The zero-order valence-corrected chi connectivity index (χ0v) is 53.0. The molecule has 0 saturated carbocycles. The molecule has 2 saturated heterocycles. The molecular weight excluding hydrogens is 1130 g/mol. The first kappa shape index (κ1) is 62.5. The number of hydrogen-bond donors (Lipinski definition) is 4. The van der Waals surface area contributed by atoms with E-state index in [2.05, 4.69) is 156 Å². The third-order valence-corrected chi connectivity index (χ3v) is 16.7. The quantitative estimate of drug-likeness (QED) is 0.0429. The number of amides is 2. The van der Waals surface area contributed by atoms with Gasteiger partial charge in [-0.25, -0.2) is 9.97 Å². The second kappa shape index (κ2) is 25.0. The van der Waals surface area contributed by atoms with E-state index in [0.29, 0.717) is 18.0 Å². The summed E-state index contributed by atoms with van der Waals surface area (Å²) in [5, 5.41) is 24.6. The summed E-state index contributed by atoms with van der Waals surface area (Å²) in [6.45, 7) is 33.9. The summed E-state index contributed by atoms with van der Waals surface area (Å²) < 4.78 is 20.1. The SMILES string of the molecule is CC1(C)CC=C(c2nc(C3CC(C)(C)OC(C)(C)C3)ccc2NC(=O)c2nc(C#N)cn2COCC[Si](C)(C)C)CC1.CC1(C)CC=C(c2nc(C3CC(C)(C)OC(C)(C)C3)ccc2NC(=O)c2ncc(C#N)[nH]2)CC1.SI. The predicted molar refractivity (Wildman–Crippen MR) is 325 cm³/mol. The van der Waals surface area contributed by atoms with Crippen LogP contribution in [0.5, 0.6) is 0 Å². The number of nitrogens with zero attached hydrogens (tertiary/aromatic N) is 7. The molecule has 2 amide bonds. The number of nitrogens with one attached hydrogen (secondary N) is 3. The number of rotatable bonds is 13. The van der Waals surface area contributed by atoms with Crippen LogP contribution in [0.15, 0.2) is 48.8 Å². The highest BCUT2D eigenvalue weighted by molar-refractivity contribution is 14.2. The summed E-state index contributed by atoms with van der Waals surface area (Å²) >= 11 is 1.84. The molecule has 0 aromatic carbocycles. The minimum Gasteiger partial charge on any atom is -0.370 e. The molecule has 18 heteroatoms. The van der Waals surface area contributed by atoms with Gasteiger partial charge in [0, 0.05) is 44.1 Å². The molecule has 4 aromatic rings. The van der Waals surface area contributed by atoms with Gasteiger partial charge >= 0.3 is 0 Å². The summed E-state index contributed by atoms with van der Waals surface area (Å²) in [5.74, 6) is 0.0116. The fourth-order valence-corrected chi connectivity index (χ4v) is 12.2. The van der Waals surface area contributed by atoms with Crippen molar-refractivity contribution < 1.29 is 23.8 Å². The number of aromatic amines is 1. The third-order valence-electron chi connectivity index (χ3n) is 15.0. The molecular formula is C60H85IN10O5SSi. The second-order valence-corrected chi connectivity index (χ2v) is 32.6. The molecule has 8 rings (SSSR count). The van der Waals surface area contributed by atoms with Crippen LogP contribution >= 0.6 is 31.0 Å². The minimum absolute atomic E-state index is 0.110. The molecule has 2 fully saturated rings. The summed E-state index contributed by atoms with van der Waals surface area (Å²) in [7, 11) is 2.25. The van der Waals surface area contributed by atoms with Gasteiger partial charge in [-0.2, -0.15) is 10.5 Å². The number of ether oxygens (including phenoxy) is 3. The number of anilines is 2. The first-order chi connectivity index (χ1) is 36.3. The predicted octanol–water partition coefficient (Wildman–Crippen LogP) is 15.0. The van der Waals surface area contributed by atoms with E-state index in [1.807, 2.05) is 51.5 Å². The van der Waals surface area contributed by atoms with Crippen LogP contribution in [-0.4, -0.2) is 78.4 Å². The molecule has 4 aliphatic rings. The van der Waals surface area contributed by atoms with Crippen LogP contribution in [0.25, 0.3) is 11.1 Å². The number of carbonyl (C=O) groups is 2. The van der Waals surface area contributed by atoms with E-state index in [9.17, 15) is 14.9 Å². The molecule has 422 valence electrons. The van der Waals surface area contributed by atoms with E-state index >= 15 is 0 Å². The van der Waals surface area contributed by atoms with E-state index in [4.69, 9.17) is 29.4 Å². The van der Waals surface area contributed by atoms with Gasteiger partial charge in [-0.05, 0) is 193 Å². The van der Waals surface area contributed by atoms with Crippen LogP contribution in [0, 0.1) is 33.5 Å². The van der Waals surface area contributed by atoms with Crippen LogP contribution in [0.1, 0.15) is 215 Å². The fraction of sp³-hybridized carbons (Fsp3) is 0.600. The Morgan fingerprint density at radius 1 is 0.731 bits per heavy atom. The van der Waals surface area contributed by atoms with Crippen molar-refractivity contribution in [2.75, 3.05) is 17.2 Å². The van der Waals surface area contributed by atoms with Crippen LogP contribution in [0.4, 0.5) is 11.4 Å². The number of imidazole rings is 2. The van der Waals surface area contributed by atoms with Crippen molar-refractivity contribution in [3.63, 3.8) is 0 Å². The van der Waals surface area contributed by atoms with Gasteiger partial charge in [-0.15, -0.1) is 9.80 Å². The van der Waals surface area contributed by atoms with Gasteiger partial charge in [0.25, 0.3) is 11.8 Å². The van der Waals surface area contributed by atoms with E-state index in [-0.39, 0.29) is 86.7 Å². The summed E-state index contributed by atoms with van der Waals surface area (Å²) in [4.78, 5) is 47.9. The molecule has 78 heavy (non-hydrogen) atoms. The normalized spacial score (nSPS) is 20.2. The maximum absolute atomic E-state index is 13.6. The summed E-state index contributed by atoms with van der Waals surface area (Å²) in [6, 6.07) is 13.0. The molecule has 3 N–H and O–H groups in total. The molecule has 0 radical (unpaired) electrons. The molecule has 0 bridgehead atoms. The van der Waals surface area contributed by atoms with Crippen LogP contribution < -0.4 is 10.6 Å². The van der Waals surface area contributed by atoms with Crippen molar-refractivity contribution in [2.24, 2.45) is 10.8 Å². The Hall–Kier alpha value is -4.70. The standard InChI is InChI=1S/C33H49N5O3Si.C27H35N5O2.HIS/c1-31(2)14-12-23(13-15-31)28-27(11-10-26(36-28)24-18-32(3,4)41-33(5,6)19-24)37-30(39)29-35-25(20-34)21-38(29)22-40-16-17-42(7,8)9;1-25(2)11-9-17(10-12-25)22-21(32-24(33)23-29-16-19(15-28)30-23)8-7-20(31-22)18-13-26(3,4)34-27(5,6)14-18;1-2/h10-12,21,24H,13-19,22H2,1-9H3,(H,37,39);7-9,16,18H,10-14H2,1-6H3,(H,29,30)(H,32,33);2H. The number of halogens is 1. The maximum atomic E-state index is 13.6. The lowest BCUT2D eigenvalue weighted by Gasteiger charge is -2.45. The molecule has 0 spiro atoms. The number of thiol groups is 1. The largest absolute Gasteiger partial charge is 0.370 e. The lowest BCUT2D eigenvalue weighted by Crippen LogP contribution is -2.44. The zero-order valence-electron chi connectivity index (χ0n) is 49.0. The number of aromatic nitrogens is 6. The Bertz CT molecular complexity index is 2920. The molecule has 2 aliphatic heterocycles. The molecule has 0 atom stereocenters. The molecule has 2 aliphatic carbocycles. The Labute approximate surface area is 483 Å². The lowest BCUT2D eigenvalue weighted by atomic mass is 9.77. The smallest absolute Gasteiger partial charge is 0.291 e. The maximum Gasteiger partial charge on any atom is 0.291 e. The monoisotopic (exact) mass is 1210 g/mol. The molecule has 15 nitrogen and oxygen atoms in total. The van der Waals surface area contributed by atoms with E-state index in [1.54, 1.807) is 10.8 Å². The molecule has 6 heterocycles. The number of allylic oxidation sites excluding steroid dienone is 4. The first-order valence-electron chi connectivity index (χ1n) is 27.4. The van der Waals surface area contributed by atoms with Gasteiger partial charge < -0.3 is 34.4 Å². The Morgan fingerprint density at radius 2 is 1.19 bits per heavy atom. The average Bonchev–Trinajstić information content (AvgIpc) is 4.02. The molecule has 4 aromatic heterocycles. The number of nitriles is 2. The average molecular weight is 1210 g/mol. The number of H-pyrrole nitrogens is 1. The minimum atomic E-state index is -1.25. The van der Waals surface area contributed by atoms with Crippen LogP contribution in [-0.2, 0) is 20.9 Å². The number of pyridine rings is 2. The Morgan fingerprint density at radius 3 is 1.59 bits per heavy atom. The Kier molecular flexibility index (Phi) is 20.0. The van der Waals surface area contributed by atoms with Gasteiger partial charge in [0.1, 0.15) is 24.6 Å². The van der Waals surface area contributed by atoms with E-state index in [0.717, 1.165) is 98.6 Å². The van der Waals surface area contributed by atoms with Gasteiger partial charge in [0.05, 0.1) is 51.4 Å². The van der Waals surface area contributed by atoms with E-state index in [1.165, 1.54) is 11.8 Å². The van der Waals surface area contributed by atoms with Crippen LogP contribution in [0.3, 0.4) is 0 Å². The Balaban J connectivity index is 0.000000249. The topological polar surface area (TPSA) is 206 Å². The fourth-order valence-electron chi connectivity index (χ4n) is 11.4. The summed E-state index contributed by atoms with van der Waals surface area (Å²) in [6.07, 6.45) is 16.9. The molecule has 0 unspecified atom stereocenters. The van der Waals surface area contributed by atoms with Crippen molar-refractivity contribution in [3.05, 3.63) is 94.6 Å². The van der Waals surface area contributed by atoms with Crippen molar-refractivity contribution in [1.29, 1.82) is 10.5 Å². The van der Waals surface area contributed by atoms with Gasteiger partial charge in [-0.1, -0.05) is 59.5 Å². The number of hydrogen-bond acceptors (Lipinski definition) is 12. The first-order valence-corrected chi connectivity index (χ1v) is 34.4. The lowest BCUT2D eigenvalue weighted by molar-refractivity contribution is -0.162. The summed E-state index contributed by atoms with van der Waals surface area (Å²) in [5.41, 5.74) is 7.36. The van der Waals surface area contributed by atoms with Gasteiger partial charge in [-0.3, -0.25) is 19.6 Å². The van der Waals surface area contributed by atoms with Gasteiger partial charge in [0.15, 0.2) is 11.5 Å². The third kappa shape index (κ3) is 17.4. The zero-order chi connectivity index (χ0) is 57.6. The number of carbonyl (C=O) groups excluding carboxylic acids is 2. The highest BCUT2D eigenvalue weighted by Crippen LogP contribution is 2.47. The van der Waals surface area contributed by atoms with Crippen molar-refractivity contribution >= 4 is 73.4 Å². The second-order valence-electron chi connectivity index (χ2n) is 27.0. The van der Waals surface area contributed by atoms with E-state index < -0.39 is 8.07 Å². The van der Waals surface area contributed by atoms with Crippen molar-refractivity contribution in [1.82, 2.24) is 29.5 Å². The highest BCUT2D eigenvalue weighted by atomic mass is 127. The van der Waals surface area contributed by atoms with Crippen molar-refractivity contribution in [2.45, 2.75) is 214 Å². The van der Waals surface area contributed by atoms with Gasteiger partial charge in [0.2, 0.25) is 5.82 Å².